The second-order valence-corrected chi connectivity index (χ2v) is 7.42. The number of hydrogen-bond acceptors (Lipinski definition) is 3. The van der Waals surface area contributed by atoms with E-state index in [1.165, 1.54) is 13.5 Å². The minimum Gasteiger partial charge on any atom is -0.495 e. The number of halogens is 1. The number of hydrogen-bond donors (Lipinski definition) is 1. The molecular formula is C22H25ClN2O3. The summed E-state index contributed by atoms with van der Waals surface area (Å²) in [5, 5.41) is 3.34. The van der Waals surface area contributed by atoms with E-state index >= 15 is 0 Å². The molecule has 1 N–H and O–H groups in total. The van der Waals surface area contributed by atoms with Crippen LogP contribution >= 0.6 is 11.6 Å². The zero-order valence-corrected chi connectivity index (χ0v) is 16.7. The van der Waals surface area contributed by atoms with Gasteiger partial charge in [0.2, 0.25) is 5.91 Å². The SMILES string of the molecule is COc1ccc(Cl)cc1NC(=O)CN(C(=O)c1ccccc1)C1CCCCC1. The lowest BCUT2D eigenvalue weighted by atomic mass is 9.93. The summed E-state index contributed by atoms with van der Waals surface area (Å²) < 4.78 is 5.29. The Morgan fingerprint density at radius 1 is 1.11 bits per heavy atom. The molecule has 5 nitrogen and oxygen atoms in total. The first-order chi connectivity index (χ1) is 13.6. The van der Waals surface area contributed by atoms with E-state index in [1.54, 1.807) is 35.2 Å². The van der Waals surface area contributed by atoms with Crippen molar-refractivity contribution in [2.24, 2.45) is 0 Å². The lowest BCUT2D eigenvalue weighted by Gasteiger charge is -2.34. The molecule has 1 fully saturated rings. The second-order valence-electron chi connectivity index (χ2n) is 6.98. The molecule has 3 rings (SSSR count). The molecular weight excluding hydrogens is 376 g/mol. The summed E-state index contributed by atoms with van der Waals surface area (Å²) in [4.78, 5) is 27.6. The lowest BCUT2D eigenvalue weighted by molar-refractivity contribution is -0.117. The number of methoxy groups -OCH3 is 1. The van der Waals surface area contributed by atoms with Crippen LogP contribution in [0.4, 0.5) is 5.69 Å². The van der Waals surface area contributed by atoms with E-state index in [-0.39, 0.29) is 24.4 Å². The molecule has 2 aromatic rings. The van der Waals surface area contributed by atoms with Gasteiger partial charge in [-0.05, 0) is 43.2 Å². The van der Waals surface area contributed by atoms with Gasteiger partial charge in [-0.1, -0.05) is 49.1 Å². The van der Waals surface area contributed by atoms with Crippen LogP contribution in [0.25, 0.3) is 0 Å². The van der Waals surface area contributed by atoms with Crippen molar-refractivity contribution in [2.45, 2.75) is 38.1 Å². The summed E-state index contributed by atoms with van der Waals surface area (Å²) >= 11 is 6.04. The standard InChI is InChI=1S/C22H25ClN2O3/c1-28-20-13-12-17(23)14-19(20)24-21(26)15-25(18-10-6-3-7-11-18)22(27)16-8-4-2-5-9-16/h2,4-5,8-9,12-14,18H,3,6-7,10-11,15H2,1H3,(H,24,26). The van der Waals surface area contributed by atoms with Gasteiger partial charge in [-0.25, -0.2) is 0 Å². The number of rotatable bonds is 6. The van der Waals surface area contributed by atoms with Gasteiger partial charge in [0.25, 0.3) is 5.91 Å². The third-order valence-electron chi connectivity index (χ3n) is 5.05. The number of carbonyl (C=O) groups is 2. The highest BCUT2D eigenvalue weighted by Crippen LogP contribution is 2.28. The van der Waals surface area contributed by atoms with Crippen LogP contribution in [0.5, 0.6) is 5.75 Å². The van der Waals surface area contributed by atoms with Crippen LogP contribution in [0.2, 0.25) is 5.02 Å². The molecule has 0 aliphatic heterocycles. The zero-order valence-electron chi connectivity index (χ0n) is 16.0. The van der Waals surface area contributed by atoms with Crippen LogP contribution in [-0.2, 0) is 4.79 Å². The molecule has 0 unspecified atom stereocenters. The second kappa shape index (κ2) is 9.60. The van der Waals surface area contributed by atoms with Crippen molar-refractivity contribution in [3.05, 3.63) is 59.1 Å². The van der Waals surface area contributed by atoms with E-state index in [2.05, 4.69) is 5.32 Å². The number of nitrogens with one attached hydrogen (secondary N) is 1. The monoisotopic (exact) mass is 400 g/mol. The molecule has 0 spiro atoms. The Kier molecular flexibility index (Phi) is 6.93. The molecule has 1 aliphatic rings. The Labute approximate surface area is 170 Å². The van der Waals surface area contributed by atoms with Crippen molar-refractivity contribution in [1.82, 2.24) is 4.90 Å². The summed E-state index contributed by atoms with van der Waals surface area (Å²) in [5.74, 6) is 0.146. The molecule has 148 valence electrons. The van der Waals surface area contributed by atoms with Crippen LogP contribution < -0.4 is 10.1 Å². The average molecular weight is 401 g/mol. The molecule has 0 atom stereocenters. The third kappa shape index (κ3) is 5.04. The van der Waals surface area contributed by atoms with E-state index in [9.17, 15) is 9.59 Å². The predicted octanol–water partition coefficient (Wildman–Crippen LogP) is 4.76. The molecule has 0 heterocycles. The lowest BCUT2D eigenvalue weighted by Crippen LogP contribution is -2.45. The van der Waals surface area contributed by atoms with Crippen molar-refractivity contribution >= 4 is 29.1 Å². The van der Waals surface area contributed by atoms with Crippen LogP contribution in [-0.4, -0.2) is 36.4 Å². The van der Waals surface area contributed by atoms with Crippen molar-refractivity contribution in [3.63, 3.8) is 0 Å². The quantitative estimate of drug-likeness (QED) is 0.760. The highest BCUT2D eigenvalue weighted by atomic mass is 35.5. The smallest absolute Gasteiger partial charge is 0.254 e. The number of nitrogens with zero attached hydrogens (tertiary/aromatic N) is 1. The van der Waals surface area contributed by atoms with Gasteiger partial charge in [-0.15, -0.1) is 0 Å². The average Bonchev–Trinajstić information content (AvgIpc) is 2.73. The van der Waals surface area contributed by atoms with Crippen molar-refractivity contribution in [3.8, 4) is 5.75 Å². The highest BCUT2D eigenvalue weighted by Gasteiger charge is 2.28. The Morgan fingerprint density at radius 3 is 2.50 bits per heavy atom. The van der Waals surface area contributed by atoms with Gasteiger partial charge in [0.15, 0.2) is 0 Å². The molecule has 6 heteroatoms. The van der Waals surface area contributed by atoms with Crippen molar-refractivity contribution < 1.29 is 14.3 Å². The fourth-order valence-corrected chi connectivity index (χ4v) is 3.80. The molecule has 0 radical (unpaired) electrons. The fourth-order valence-electron chi connectivity index (χ4n) is 3.63. The predicted molar refractivity (Wildman–Crippen MR) is 111 cm³/mol. The van der Waals surface area contributed by atoms with Gasteiger partial charge in [-0.2, -0.15) is 0 Å². The molecule has 0 bridgehead atoms. The summed E-state index contributed by atoms with van der Waals surface area (Å²) in [6.45, 7) is -0.00589. The number of ether oxygens (including phenoxy) is 1. The van der Waals surface area contributed by atoms with Crippen LogP contribution in [0.1, 0.15) is 42.5 Å². The number of anilines is 1. The number of carbonyl (C=O) groups excluding carboxylic acids is 2. The van der Waals surface area contributed by atoms with Gasteiger partial charge in [0.05, 0.1) is 12.8 Å². The first-order valence-corrected chi connectivity index (χ1v) is 9.95. The third-order valence-corrected chi connectivity index (χ3v) is 5.28. The van der Waals surface area contributed by atoms with Gasteiger partial charge in [0.1, 0.15) is 12.3 Å². The van der Waals surface area contributed by atoms with E-state index < -0.39 is 0 Å². The van der Waals surface area contributed by atoms with E-state index in [0.717, 1.165) is 25.7 Å². The zero-order chi connectivity index (χ0) is 19.9. The Balaban J connectivity index is 1.78. The Hall–Kier alpha value is -2.53. The Bertz CT molecular complexity index is 820. The molecule has 1 aliphatic carbocycles. The summed E-state index contributed by atoms with van der Waals surface area (Å²) in [5.41, 5.74) is 1.09. The fraction of sp³-hybridized carbons (Fsp3) is 0.364. The summed E-state index contributed by atoms with van der Waals surface area (Å²) in [6.07, 6.45) is 5.17. The van der Waals surface area contributed by atoms with E-state index in [4.69, 9.17) is 16.3 Å². The van der Waals surface area contributed by atoms with Gasteiger partial charge >= 0.3 is 0 Å². The van der Waals surface area contributed by atoms with E-state index in [1.807, 2.05) is 18.2 Å². The van der Waals surface area contributed by atoms with E-state index in [0.29, 0.717) is 22.0 Å². The molecule has 28 heavy (non-hydrogen) atoms. The Morgan fingerprint density at radius 2 is 1.82 bits per heavy atom. The summed E-state index contributed by atoms with van der Waals surface area (Å²) in [7, 11) is 1.53. The maximum absolute atomic E-state index is 13.1. The van der Waals surface area contributed by atoms with Gasteiger partial charge in [-0.3, -0.25) is 9.59 Å². The van der Waals surface area contributed by atoms with Crippen molar-refractivity contribution in [2.75, 3.05) is 19.0 Å². The minimum atomic E-state index is -0.268. The first-order valence-electron chi connectivity index (χ1n) is 9.58. The molecule has 1 saturated carbocycles. The first kappa shape index (κ1) is 20.2. The number of amides is 2. The minimum absolute atomic E-state index is 0.00589. The highest BCUT2D eigenvalue weighted by molar-refractivity contribution is 6.31. The molecule has 0 aromatic heterocycles. The molecule has 2 aromatic carbocycles. The van der Waals surface area contributed by atoms with Crippen LogP contribution in [0.3, 0.4) is 0 Å². The summed E-state index contributed by atoms with van der Waals surface area (Å²) in [6, 6.07) is 14.2. The molecule has 2 amide bonds. The largest absolute Gasteiger partial charge is 0.495 e. The van der Waals surface area contributed by atoms with Gasteiger partial charge in [0, 0.05) is 16.6 Å². The normalized spacial score (nSPS) is 14.4. The van der Waals surface area contributed by atoms with Crippen molar-refractivity contribution in [1.29, 1.82) is 0 Å². The van der Waals surface area contributed by atoms with Crippen LogP contribution in [0, 0.1) is 0 Å². The topological polar surface area (TPSA) is 58.6 Å². The maximum Gasteiger partial charge on any atom is 0.254 e. The maximum atomic E-state index is 13.1. The number of benzene rings is 2. The van der Waals surface area contributed by atoms with Gasteiger partial charge < -0.3 is 15.0 Å². The molecule has 0 saturated heterocycles. The van der Waals surface area contributed by atoms with Crippen LogP contribution in [0.15, 0.2) is 48.5 Å².